The summed E-state index contributed by atoms with van der Waals surface area (Å²) in [5, 5.41) is 9.07. The lowest BCUT2D eigenvalue weighted by Crippen LogP contribution is -2.40. The van der Waals surface area contributed by atoms with Crippen molar-refractivity contribution in [3.8, 4) is 6.07 Å². The quantitative estimate of drug-likeness (QED) is 0.784. The number of esters is 1. The molecule has 1 aliphatic rings. The number of aromatic nitrogens is 1. The van der Waals surface area contributed by atoms with Gasteiger partial charge in [-0.05, 0) is 25.0 Å². The van der Waals surface area contributed by atoms with E-state index < -0.39 is 23.8 Å². The number of methoxy groups -OCH3 is 1. The Morgan fingerprint density at radius 2 is 2.23 bits per heavy atom. The fourth-order valence-corrected chi connectivity index (χ4v) is 2.46. The summed E-state index contributed by atoms with van der Waals surface area (Å²) in [4.78, 5) is 16.7. The maximum atomic E-state index is 12.8. The summed E-state index contributed by atoms with van der Waals surface area (Å²) < 4.78 is 43.1. The first-order valence-corrected chi connectivity index (χ1v) is 6.68. The second-order valence-electron chi connectivity index (χ2n) is 4.99. The maximum Gasteiger partial charge on any atom is 0.433 e. The van der Waals surface area contributed by atoms with Crippen molar-refractivity contribution in [1.82, 2.24) is 4.98 Å². The number of alkyl halides is 3. The minimum Gasteiger partial charge on any atom is -0.469 e. The zero-order chi connectivity index (χ0) is 16.3. The van der Waals surface area contributed by atoms with Gasteiger partial charge in [-0.1, -0.05) is 0 Å². The Balaban J connectivity index is 2.34. The molecule has 0 saturated carbocycles. The zero-order valence-corrected chi connectivity index (χ0v) is 11.9. The molecule has 0 unspecified atom stereocenters. The van der Waals surface area contributed by atoms with E-state index in [1.807, 2.05) is 6.07 Å². The summed E-state index contributed by atoms with van der Waals surface area (Å²) in [6.45, 7) is 0.631. The summed E-state index contributed by atoms with van der Waals surface area (Å²) in [6.07, 6.45) is -3.37. The van der Waals surface area contributed by atoms with E-state index in [-0.39, 0.29) is 17.9 Å². The number of pyridine rings is 1. The number of ether oxygens (including phenoxy) is 1. The molecule has 0 N–H and O–H groups in total. The topological polar surface area (TPSA) is 66.2 Å². The minimum atomic E-state index is -4.58. The summed E-state index contributed by atoms with van der Waals surface area (Å²) in [6, 6.07) is 3.73. The standard InChI is InChI=1S/C14H14F3N3O2/c1-22-13(21)10-3-2-6-20(8-10)12-9(7-18)4-5-11(19-12)14(15,16)17/h4-5,10H,2-3,6,8H2,1H3/t10-/m0/s1. The fraction of sp³-hybridized carbons (Fsp3) is 0.500. The zero-order valence-electron chi connectivity index (χ0n) is 11.9. The number of carbonyl (C=O) groups is 1. The van der Waals surface area contributed by atoms with E-state index in [0.717, 1.165) is 12.1 Å². The van der Waals surface area contributed by atoms with Crippen molar-refractivity contribution in [3.05, 3.63) is 23.4 Å². The lowest BCUT2D eigenvalue weighted by atomic mass is 9.98. The number of rotatable bonds is 2. The van der Waals surface area contributed by atoms with Crippen molar-refractivity contribution in [2.24, 2.45) is 5.92 Å². The molecule has 8 heteroatoms. The van der Waals surface area contributed by atoms with Crippen LogP contribution < -0.4 is 4.90 Å². The highest BCUT2D eigenvalue weighted by Crippen LogP contribution is 2.32. The van der Waals surface area contributed by atoms with Crippen LogP contribution in [0.4, 0.5) is 19.0 Å². The summed E-state index contributed by atoms with van der Waals surface area (Å²) in [5.74, 6) is -0.872. The van der Waals surface area contributed by atoms with Crippen LogP contribution in [-0.4, -0.2) is 31.2 Å². The van der Waals surface area contributed by atoms with Crippen molar-refractivity contribution < 1.29 is 22.7 Å². The van der Waals surface area contributed by atoms with E-state index in [4.69, 9.17) is 5.26 Å². The number of piperidine rings is 1. The highest BCUT2D eigenvalue weighted by Gasteiger charge is 2.35. The first kappa shape index (κ1) is 16.1. The molecule has 0 amide bonds. The predicted molar refractivity (Wildman–Crippen MR) is 70.9 cm³/mol. The molecule has 0 bridgehead atoms. The van der Waals surface area contributed by atoms with Crippen LogP contribution in [0.3, 0.4) is 0 Å². The van der Waals surface area contributed by atoms with Crippen molar-refractivity contribution in [3.63, 3.8) is 0 Å². The number of nitriles is 1. The molecule has 0 spiro atoms. The molecular formula is C14H14F3N3O2. The van der Waals surface area contributed by atoms with Gasteiger partial charge in [-0.25, -0.2) is 4.98 Å². The second kappa shape index (κ2) is 6.22. The summed E-state index contributed by atoms with van der Waals surface area (Å²) in [5.41, 5.74) is -1.000. The van der Waals surface area contributed by atoms with Crippen LogP contribution in [0, 0.1) is 17.2 Å². The van der Waals surface area contributed by atoms with Crippen LogP contribution in [0.5, 0.6) is 0 Å². The molecule has 1 aromatic heterocycles. The van der Waals surface area contributed by atoms with E-state index in [2.05, 4.69) is 9.72 Å². The number of hydrogen-bond acceptors (Lipinski definition) is 5. The highest BCUT2D eigenvalue weighted by molar-refractivity contribution is 5.73. The Morgan fingerprint density at radius 3 is 2.82 bits per heavy atom. The molecule has 1 atom stereocenters. The van der Waals surface area contributed by atoms with E-state index in [1.54, 1.807) is 4.90 Å². The highest BCUT2D eigenvalue weighted by atomic mass is 19.4. The van der Waals surface area contributed by atoms with Gasteiger partial charge < -0.3 is 9.64 Å². The normalized spacial score (nSPS) is 18.7. The molecule has 1 fully saturated rings. The molecule has 0 radical (unpaired) electrons. The third-order valence-corrected chi connectivity index (χ3v) is 3.54. The second-order valence-corrected chi connectivity index (χ2v) is 4.99. The molecule has 0 aliphatic carbocycles. The van der Waals surface area contributed by atoms with Crippen LogP contribution in [0.25, 0.3) is 0 Å². The van der Waals surface area contributed by atoms with E-state index >= 15 is 0 Å². The van der Waals surface area contributed by atoms with E-state index in [1.165, 1.54) is 7.11 Å². The molecule has 1 saturated heterocycles. The van der Waals surface area contributed by atoms with Gasteiger partial charge in [0.05, 0.1) is 18.6 Å². The van der Waals surface area contributed by atoms with Crippen LogP contribution >= 0.6 is 0 Å². The molecular weight excluding hydrogens is 299 g/mol. The van der Waals surface area contributed by atoms with Crippen molar-refractivity contribution in [1.29, 1.82) is 5.26 Å². The van der Waals surface area contributed by atoms with Crippen LogP contribution in [0.1, 0.15) is 24.1 Å². The molecule has 2 heterocycles. The molecule has 22 heavy (non-hydrogen) atoms. The predicted octanol–water partition coefficient (Wildman–Crippen LogP) is 2.36. The summed E-state index contributed by atoms with van der Waals surface area (Å²) in [7, 11) is 1.27. The monoisotopic (exact) mass is 313 g/mol. The van der Waals surface area contributed by atoms with Crippen molar-refractivity contribution in [2.45, 2.75) is 19.0 Å². The molecule has 118 valence electrons. The Kier molecular flexibility index (Phi) is 4.54. The van der Waals surface area contributed by atoms with Gasteiger partial charge in [0, 0.05) is 13.1 Å². The van der Waals surface area contributed by atoms with Crippen LogP contribution in [0.15, 0.2) is 12.1 Å². The SMILES string of the molecule is COC(=O)[C@H]1CCCN(c2nc(C(F)(F)F)ccc2C#N)C1. The third kappa shape index (κ3) is 3.30. The average Bonchev–Trinajstić information content (AvgIpc) is 2.52. The molecule has 0 aromatic carbocycles. The number of carbonyl (C=O) groups excluding carboxylic acids is 1. The van der Waals surface area contributed by atoms with Crippen LogP contribution in [0.2, 0.25) is 0 Å². The van der Waals surface area contributed by atoms with Crippen molar-refractivity contribution >= 4 is 11.8 Å². The van der Waals surface area contributed by atoms with E-state index in [9.17, 15) is 18.0 Å². The molecule has 1 aromatic rings. The number of nitrogens with zero attached hydrogens (tertiary/aromatic N) is 3. The Morgan fingerprint density at radius 1 is 1.50 bits per heavy atom. The number of anilines is 1. The number of halogens is 3. The largest absolute Gasteiger partial charge is 0.469 e. The van der Waals surface area contributed by atoms with Gasteiger partial charge in [-0.2, -0.15) is 18.4 Å². The van der Waals surface area contributed by atoms with Gasteiger partial charge in [-0.3, -0.25) is 4.79 Å². The van der Waals surface area contributed by atoms with Gasteiger partial charge in [-0.15, -0.1) is 0 Å². The first-order valence-electron chi connectivity index (χ1n) is 6.68. The lowest BCUT2D eigenvalue weighted by molar-refractivity contribution is -0.145. The van der Waals surface area contributed by atoms with Crippen LogP contribution in [-0.2, 0) is 15.7 Å². The van der Waals surface area contributed by atoms with Gasteiger partial charge in [0.1, 0.15) is 17.6 Å². The summed E-state index contributed by atoms with van der Waals surface area (Å²) >= 11 is 0. The Hall–Kier alpha value is -2.30. The Bertz CT molecular complexity index is 610. The van der Waals surface area contributed by atoms with Gasteiger partial charge in [0.2, 0.25) is 0 Å². The average molecular weight is 313 g/mol. The van der Waals surface area contributed by atoms with E-state index in [0.29, 0.717) is 19.4 Å². The molecule has 2 rings (SSSR count). The lowest BCUT2D eigenvalue weighted by Gasteiger charge is -2.32. The number of hydrogen-bond donors (Lipinski definition) is 0. The van der Waals surface area contributed by atoms with Crippen molar-refractivity contribution in [2.75, 3.05) is 25.1 Å². The van der Waals surface area contributed by atoms with Gasteiger partial charge >= 0.3 is 12.1 Å². The Labute approximate surface area is 125 Å². The van der Waals surface area contributed by atoms with Gasteiger partial charge in [0.15, 0.2) is 0 Å². The fourth-order valence-electron chi connectivity index (χ4n) is 2.46. The molecule has 5 nitrogen and oxygen atoms in total. The first-order chi connectivity index (χ1) is 10.4. The smallest absolute Gasteiger partial charge is 0.433 e. The molecule has 1 aliphatic heterocycles. The third-order valence-electron chi connectivity index (χ3n) is 3.54. The maximum absolute atomic E-state index is 12.8. The minimum absolute atomic E-state index is 0.0362. The van der Waals surface area contributed by atoms with Gasteiger partial charge in [0.25, 0.3) is 0 Å².